The standard InChI is InChI=1S/C16H16N4O2/c17-6-11-9-22-15-7-18-13(5-12(11)15)16(21)19-14-8-20-3-1-10(14)2-4-20/h5,7,9-10,14H,1-4,8H2,(H,19,21)/t14-/m0/s1. The van der Waals surface area contributed by atoms with Gasteiger partial charge in [-0.3, -0.25) is 4.79 Å². The average Bonchev–Trinajstić information content (AvgIpc) is 2.98. The van der Waals surface area contributed by atoms with E-state index in [1.807, 2.05) is 0 Å². The van der Waals surface area contributed by atoms with E-state index in [4.69, 9.17) is 9.68 Å². The minimum Gasteiger partial charge on any atom is -0.461 e. The molecule has 0 saturated carbocycles. The lowest BCUT2D eigenvalue weighted by molar-refractivity contribution is 0.0618. The number of carbonyl (C=O) groups excluding carboxylic acids is 1. The van der Waals surface area contributed by atoms with Crippen LogP contribution >= 0.6 is 0 Å². The Morgan fingerprint density at radius 2 is 2.27 bits per heavy atom. The van der Waals surface area contributed by atoms with Crippen LogP contribution in [0.15, 0.2) is 22.9 Å². The van der Waals surface area contributed by atoms with Gasteiger partial charge in [0.05, 0.1) is 11.8 Å². The minimum absolute atomic E-state index is 0.175. The smallest absolute Gasteiger partial charge is 0.270 e. The van der Waals surface area contributed by atoms with E-state index in [1.54, 1.807) is 6.07 Å². The summed E-state index contributed by atoms with van der Waals surface area (Å²) >= 11 is 0. The van der Waals surface area contributed by atoms with Crippen LogP contribution in [0.1, 0.15) is 28.9 Å². The van der Waals surface area contributed by atoms with Crippen LogP contribution in [0.2, 0.25) is 0 Å². The summed E-state index contributed by atoms with van der Waals surface area (Å²) in [5.74, 6) is 0.395. The molecule has 2 aromatic rings. The van der Waals surface area contributed by atoms with Crippen LogP contribution in [0.3, 0.4) is 0 Å². The van der Waals surface area contributed by atoms with Crippen molar-refractivity contribution in [3.63, 3.8) is 0 Å². The summed E-state index contributed by atoms with van der Waals surface area (Å²) in [5.41, 5.74) is 1.28. The fourth-order valence-corrected chi connectivity index (χ4v) is 3.51. The van der Waals surface area contributed by atoms with Gasteiger partial charge < -0.3 is 14.6 Å². The van der Waals surface area contributed by atoms with Crippen LogP contribution in [0.25, 0.3) is 11.0 Å². The lowest BCUT2D eigenvalue weighted by Gasteiger charge is -2.44. The molecule has 3 aliphatic rings. The Balaban J connectivity index is 1.56. The van der Waals surface area contributed by atoms with Crippen LogP contribution in [0.5, 0.6) is 0 Å². The molecule has 1 atom stereocenters. The molecule has 1 amide bonds. The number of rotatable bonds is 2. The van der Waals surface area contributed by atoms with Gasteiger partial charge in [0.25, 0.3) is 5.91 Å². The number of aromatic nitrogens is 1. The van der Waals surface area contributed by atoms with E-state index in [0.717, 1.165) is 32.5 Å². The van der Waals surface area contributed by atoms with E-state index >= 15 is 0 Å². The van der Waals surface area contributed by atoms with E-state index in [1.165, 1.54) is 12.5 Å². The van der Waals surface area contributed by atoms with Crippen molar-refractivity contribution in [3.8, 4) is 6.07 Å². The van der Waals surface area contributed by atoms with Crippen LogP contribution in [-0.4, -0.2) is 41.5 Å². The summed E-state index contributed by atoms with van der Waals surface area (Å²) in [7, 11) is 0. The van der Waals surface area contributed by atoms with E-state index in [-0.39, 0.29) is 11.9 Å². The molecule has 3 aliphatic heterocycles. The Labute approximate surface area is 127 Å². The number of hydrogen-bond acceptors (Lipinski definition) is 5. The molecular formula is C16H16N4O2. The number of pyridine rings is 1. The van der Waals surface area contributed by atoms with Gasteiger partial charge in [-0.05, 0) is 37.9 Å². The Kier molecular flexibility index (Phi) is 3.09. The van der Waals surface area contributed by atoms with Crippen LogP contribution in [0.4, 0.5) is 0 Å². The summed E-state index contributed by atoms with van der Waals surface area (Å²) in [6.07, 6.45) is 5.19. The number of nitriles is 1. The summed E-state index contributed by atoms with van der Waals surface area (Å²) in [6, 6.07) is 3.89. The third kappa shape index (κ3) is 2.14. The molecule has 2 bridgehead atoms. The summed E-state index contributed by atoms with van der Waals surface area (Å²) in [4.78, 5) is 19.0. The molecule has 6 nitrogen and oxygen atoms in total. The Bertz CT molecular complexity index is 768. The van der Waals surface area contributed by atoms with Crippen molar-refractivity contribution in [2.45, 2.75) is 18.9 Å². The molecule has 5 rings (SSSR count). The molecule has 0 spiro atoms. The zero-order chi connectivity index (χ0) is 15.1. The zero-order valence-electron chi connectivity index (χ0n) is 12.1. The SMILES string of the molecule is N#Cc1coc2cnc(C(=O)N[C@H]3CN4CCC3CC4)cc12. The van der Waals surface area contributed by atoms with Crippen molar-refractivity contribution < 1.29 is 9.21 Å². The molecule has 22 heavy (non-hydrogen) atoms. The topological polar surface area (TPSA) is 82.2 Å². The highest BCUT2D eigenvalue weighted by molar-refractivity contribution is 5.96. The first-order valence-electron chi connectivity index (χ1n) is 7.55. The van der Waals surface area contributed by atoms with Gasteiger partial charge >= 0.3 is 0 Å². The lowest BCUT2D eigenvalue weighted by Crippen LogP contribution is -2.57. The number of amides is 1. The first-order chi connectivity index (χ1) is 10.7. The largest absolute Gasteiger partial charge is 0.461 e. The molecule has 3 saturated heterocycles. The van der Waals surface area contributed by atoms with E-state index in [0.29, 0.717) is 28.1 Å². The number of nitrogens with zero attached hydrogens (tertiary/aromatic N) is 3. The van der Waals surface area contributed by atoms with Crippen LogP contribution in [0, 0.1) is 17.2 Å². The zero-order valence-corrected chi connectivity index (χ0v) is 12.1. The van der Waals surface area contributed by atoms with Crippen molar-refractivity contribution >= 4 is 16.9 Å². The second-order valence-corrected chi connectivity index (χ2v) is 6.04. The van der Waals surface area contributed by atoms with E-state index in [9.17, 15) is 4.79 Å². The van der Waals surface area contributed by atoms with E-state index in [2.05, 4.69) is 21.3 Å². The first-order valence-corrected chi connectivity index (χ1v) is 7.55. The fourth-order valence-electron chi connectivity index (χ4n) is 3.51. The quantitative estimate of drug-likeness (QED) is 0.908. The summed E-state index contributed by atoms with van der Waals surface area (Å²) in [6.45, 7) is 3.21. The van der Waals surface area contributed by atoms with Gasteiger partial charge in [-0.15, -0.1) is 0 Å². The van der Waals surface area contributed by atoms with Gasteiger partial charge in [-0.25, -0.2) is 4.98 Å². The van der Waals surface area contributed by atoms with Crippen LogP contribution in [-0.2, 0) is 0 Å². The molecule has 1 N–H and O–H groups in total. The van der Waals surface area contributed by atoms with Gasteiger partial charge in [0, 0.05) is 18.0 Å². The Morgan fingerprint density at radius 3 is 2.95 bits per heavy atom. The molecule has 0 unspecified atom stereocenters. The maximum absolute atomic E-state index is 12.4. The van der Waals surface area contributed by atoms with Gasteiger partial charge in [0.15, 0.2) is 5.58 Å². The molecule has 0 aromatic carbocycles. The molecule has 5 heterocycles. The normalized spacial score (nSPS) is 26.8. The van der Waals surface area contributed by atoms with Gasteiger partial charge in [-0.2, -0.15) is 5.26 Å². The molecule has 112 valence electrons. The number of nitrogens with one attached hydrogen (secondary N) is 1. The van der Waals surface area contributed by atoms with Crippen LogP contribution < -0.4 is 5.32 Å². The van der Waals surface area contributed by atoms with Crippen molar-refractivity contribution in [2.75, 3.05) is 19.6 Å². The highest BCUT2D eigenvalue weighted by Gasteiger charge is 2.35. The van der Waals surface area contributed by atoms with Gasteiger partial charge in [-0.1, -0.05) is 0 Å². The first kappa shape index (κ1) is 13.3. The van der Waals surface area contributed by atoms with Crippen molar-refractivity contribution in [3.05, 3.63) is 29.8 Å². The number of fused-ring (bicyclic) bond motifs is 4. The van der Waals surface area contributed by atoms with Gasteiger partial charge in [0.2, 0.25) is 0 Å². The van der Waals surface area contributed by atoms with Gasteiger partial charge in [0.1, 0.15) is 18.0 Å². The molecule has 0 aliphatic carbocycles. The number of carbonyl (C=O) groups is 1. The maximum atomic E-state index is 12.4. The van der Waals surface area contributed by atoms with Crippen molar-refractivity contribution in [2.24, 2.45) is 5.92 Å². The average molecular weight is 296 g/mol. The fraction of sp³-hybridized carbons (Fsp3) is 0.438. The Morgan fingerprint density at radius 1 is 1.45 bits per heavy atom. The molecule has 2 aromatic heterocycles. The minimum atomic E-state index is -0.175. The van der Waals surface area contributed by atoms with Crippen molar-refractivity contribution in [1.29, 1.82) is 5.26 Å². The highest BCUT2D eigenvalue weighted by Crippen LogP contribution is 2.28. The second kappa shape index (κ2) is 5.11. The molecule has 6 heteroatoms. The van der Waals surface area contributed by atoms with E-state index < -0.39 is 0 Å². The third-order valence-corrected chi connectivity index (χ3v) is 4.79. The predicted molar refractivity (Wildman–Crippen MR) is 79.1 cm³/mol. The molecular weight excluding hydrogens is 280 g/mol. The summed E-state index contributed by atoms with van der Waals surface area (Å²) in [5, 5.41) is 12.8. The number of piperidine rings is 3. The third-order valence-electron chi connectivity index (χ3n) is 4.79. The molecule has 0 radical (unpaired) electrons. The Hall–Kier alpha value is -2.39. The lowest BCUT2D eigenvalue weighted by atomic mass is 9.84. The predicted octanol–water partition coefficient (Wildman–Crippen LogP) is 1.52. The van der Waals surface area contributed by atoms with Crippen molar-refractivity contribution in [1.82, 2.24) is 15.2 Å². The molecule has 3 fully saturated rings. The second-order valence-electron chi connectivity index (χ2n) is 6.04. The summed E-state index contributed by atoms with van der Waals surface area (Å²) < 4.78 is 5.24. The number of furan rings is 1. The highest BCUT2D eigenvalue weighted by atomic mass is 16.3. The number of hydrogen-bond donors (Lipinski definition) is 1. The monoisotopic (exact) mass is 296 g/mol. The maximum Gasteiger partial charge on any atom is 0.270 e.